The molecule has 1 saturated heterocycles. The molecule has 1 aliphatic heterocycles. The van der Waals surface area contributed by atoms with Crippen LogP contribution in [0.5, 0.6) is 0 Å². The minimum Gasteiger partial charge on any atom is -0.462 e. The Morgan fingerprint density at radius 1 is 1.10 bits per heavy atom. The van der Waals surface area contributed by atoms with Gasteiger partial charge < -0.3 is 23.7 Å². The number of ether oxygens (including phenoxy) is 5. The second-order valence-corrected chi connectivity index (χ2v) is 13.3. The number of nitro groups is 1. The Kier molecular flexibility index (Phi) is 10.8. The number of benzene rings is 1. The van der Waals surface area contributed by atoms with Gasteiger partial charge >= 0.3 is 5.97 Å². The highest BCUT2D eigenvalue weighted by molar-refractivity contribution is 7.89. The van der Waals surface area contributed by atoms with Crippen LogP contribution >= 0.6 is 0 Å². The lowest BCUT2D eigenvalue weighted by atomic mass is 9.57. The van der Waals surface area contributed by atoms with Crippen molar-refractivity contribution in [1.82, 2.24) is 4.31 Å². The Hall–Kier alpha value is -2.16. The van der Waals surface area contributed by atoms with E-state index in [1.807, 2.05) is 0 Å². The van der Waals surface area contributed by atoms with E-state index in [1.54, 1.807) is 14.2 Å². The third kappa shape index (κ3) is 6.75. The molecule has 13 heteroatoms. The van der Waals surface area contributed by atoms with E-state index in [9.17, 15) is 23.3 Å². The van der Waals surface area contributed by atoms with Crippen LogP contribution in [0.4, 0.5) is 5.69 Å². The lowest BCUT2D eigenvalue weighted by molar-refractivity contribution is -0.387. The van der Waals surface area contributed by atoms with Crippen LogP contribution in [0.3, 0.4) is 0 Å². The van der Waals surface area contributed by atoms with Gasteiger partial charge in [-0.2, -0.15) is 4.31 Å². The third-order valence-electron chi connectivity index (χ3n) is 9.06. The van der Waals surface area contributed by atoms with Crippen LogP contribution in [0.2, 0.25) is 0 Å². The van der Waals surface area contributed by atoms with Crippen LogP contribution in [-0.4, -0.2) is 83.3 Å². The van der Waals surface area contributed by atoms with Crippen molar-refractivity contribution in [2.75, 3.05) is 47.5 Å². The van der Waals surface area contributed by atoms with Gasteiger partial charge in [-0.25, -0.2) is 8.42 Å². The van der Waals surface area contributed by atoms with Crippen LogP contribution in [0.15, 0.2) is 29.2 Å². The number of carbonyl (C=O) groups is 1. The number of sulfonamides is 1. The molecule has 4 rings (SSSR count). The summed E-state index contributed by atoms with van der Waals surface area (Å²) in [5, 5.41) is 11.6. The predicted molar refractivity (Wildman–Crippen MR) is 147 cm³/mol. The molecular formula is C28H42N2O10S. The Morgan fingerprint density at radius 2 is 1.83 bits per heavy atom. The Morgan fingerprint density at radius 3 is 2.54 bits per heavy atom. The lowest BCUT2D eigenvalue weighted by Crippen LogP contribution is -2.51. The minimum absolute atomic E-state index is 0.0205. The molecule has 0 radical (unpaired) electrons. The van der Waals surface area contributed by atoms with Crippen LogP contribution in [0, 0.1) is 33.3 Å². The van der Waals surface area contributed by atoms with Gasteiger partial charge in [-0.1, -0.05) is 12.1 Å². The zero-order chi connectivity index (χ0) is 29.6. The Labute approximate surface area is 241 Å². The van der Waals surface area contributed by atoms with E-state index in [1.165, 1.54) is 35.5 Å². The molecular weight excluding hydrogens is 556 g/mol. The van der Waals surface area contributed by atoms with Gasteiger partial charge in [-0.05, 0) is 62.8 Å². The summed E-state index contributed by atoms with van der Waals surface area (Å²) >= 11 is 0. The molecule has 0 N–H and O–H groups in total. The van der Waals surface area contributed by atoms with Crippen molar-refractivity contribution in [3.05, 3.63) is 34.4 Å². The number of para-hydroxylation sites is 1. The highest BCUT2D eigenvalue weighted by atomic mass is 32.2. The Balaban J connectivity index is 1.65. The number of nitrogens with zero attached hydrogens (tertiary/aromatic N) is 2. The lowest BCUT2D eigenvalue weighted by Gasteiger charge is -2.51. The smallest absolute Gasteiger partial charge is 0.302 e. The quantitative estimate of drug-likeness (QED) is 0.121. The number of rotatable bonds is 11. The van der Waals surface area contributed by atoms with E-state index in [0.717, 1.165) is 19.3 Å². The van der Waals surface area contributed by atoms with Gasteiger partial charge in [-0.3, -0.25) is 14.9 Å². The average molecular weight is 599 g/mol. The van der Waals surface area contributed by atoms with Gasteiger partial charge in [0.25, 0.3) is 5.69 Å². The van der Waals surface area contributed by atoms with Crippen LogP contribution in [0.25, 0.3) is 0 Å². The summed E-state index contributed by atoms with van der Waals surface area (Å²) in [6.07, 6.45) is 4.21. The molecule has 0 bridgehead atoms. The number of hydrogen-bond acceptors (Lipinski definition) is 10. The van der Waals surface area contributed by atoms with Crippen molar-refractivity contribution >= 4 is 21.7 Å². The maximum atomic E-state index is 13.7. The first-order chi connectivity index (χ1) is 19.6. The van der Waals surface area contributed by atoms with Gasteiger partial charge in [0, 0.05) is 51.6 Å². The van der Waals surface area contributed by atoms with Gasteiger partial charge in [0.05, 0.1) is 17.6 Å². The molecule has 1 aromatic carbocycles. The second kappa shape index (κ2) is 13.9. The van der Waals surface area contributed by atoms with Crippen LogP contribution in [0.1, 0.15) is 51.9 Å². The monoisotopic (exact) mass is 598 g/mol. The van der Waals surface area contributed by atoms with E-state index in [0.29, 0.717) is 32.3 Å². The van der Waals surface area contributed by atoms with Crippen molar-refractivity contribution in [2.45, 2.75) is 69.0 Å². The first kappa shape index (κ1) is 31.8. The number of esters is 1. The number of hydrogen-bond donors (Lipinski definition) is 0. The molecule has 41 heavy (non-hydrogen) atoms. The van der Waals surface area contributed by atoms with E-state index < -0.39 is 20.6 Å². The fourth-order valence-corrected chi connectivity index (χ4v) is 9.35. The summed E-state index contributed by atoms with van der Waals surface area (Å²) in [5.41, 5.74) is -0.769. The van der Waals surface area contributed by atoms with Crippen molar-refractivity contribution < 1.29 is 41.8 Å². The largest absolute Gasteiger partial charge is 0.462 e. The van der Waals surface area contributed by atoms with E-state index in [4.69, 9.17) is 23.7 Å². The molecule has 1 spiro atoms. The van der Waals surface area contributed by atoms with Gasteiger partial charge in [0.15, 0.2) is 4.90 Å². The molecule has 2 aliphatic carbocycles. The molecule has 1 heterocycles. The third-order valence-corrected chi connectivity index (χ3v) is 11.0. The normalized spacial score (nSPS) is 30.9. The summed E-state index contributed by atoms with van der Waals surface area (Å²) in [5.74, 6) is 0.0517. The van der Waals surface area contributed by atoms with Crippen molar-refractivity contribution in [2.24, 2.45) is 23.2 Å². The highest BCUT2D eigenvalue weighted by Gasteiger charge is 2.62. The summed E-state index contributed by atoms with van der Waals surface area (Å²) < 4.78 is 57.1. The number of methoxy groups -OCH3 is 2. The zero-order valence-electron chi connectivity index (χ0n) is 24.1. The zero-order valence-corrected chi connectivity index (χ0v) is 24.9. The summed E-state index contributed by atoms with van der Waals surface area (Å²) in [6.45, 7) is 2.72. The van der Waals surface area contributed by atoms with Crippen LogP contribution in [-0.2, 0) is 38.5 Å². The molecule has 12 nitrogen and oxygen atoms in total. The molecule has 6 atom stereocenters. The fraction of sp³-hybridized carbons (Fsp3) is 0.750. The van der Waals surface area contributed by atoms with E-state index in [2.05, 4.69) is 0 Å². The van der Waals surface area contributed by atoms with Gasteiger partial charge in [0.1, 0.15) is 19.7 Å². The fourth-order valence-electron chi connectivity index (χ4n) is 7.67. The summed E-state index contributed by atoms with van der Waals surface area (Å²) in [6, 6.07) is 5.47. The first-order valence-corrected chi connectivity index (χ1v) is 15.7. The first-order valence-electron chi connectivity index (χ1n) is 14.2. The molecule has 0 amide bonds. The SMILES string of the molecule is COCOC[C@@H]1C[C@H]2C[C@H](OC(C)=O)[C@H]3CCCN(S(=O)(=O)c4ccccc4[N+](=O)[O-])CCC[C@]23[C@H](OCOC)C1. The van der Waals surface area contributed by atoms with E-state index >= 15 is 0 Å². The molecule has 0 aromatic heterocycles. The summed E-state index contributed by atoms with van der Waals surface area (Å²) in [7, 11) is -0.935. The molecule has 2 saturated carbocycles. The average Bonchev–Trinajstić information content (AvgIpc) is 3.27. The van der Waals surface area contributed by atoms with E-state index in [-0.39, 0.29) is 72.9 Å². The Bertz CT molecular complexity index is 1160. The molecule has 3 fully saturated rings. The van der Waals surface area contributed by atoms with Crippen molar-refractivity contribution in [3.8, 4) is 0 Å². The van der Waals surface area contributed by atoms with Crippen molar-refractivity contribution in [1.29, 1.82) is 0 Å². The maximum Gasteiger partial charge on any atom is 0.302 e. The maximum absolute atomic E-state index is 13.7. The second-order valence-electron chi connectivity index (χ2n) is 11.4. The van der Waals surface area contributed by atoms with Gasteiger partial charge in [0.2, 0.25) is 10.0 Å². The van der Waals surface area contributed by atoms with Crippen molar-refractivity contribution in [3.63, 3.8) is 0 Å². The minimum atomic E-state index is -4.10. The summed E-state index contributed by atoms with van der Waals surface area (Å²) in [4.78, 5) is 22.8. The molecule has 1 aromatic rings. The number of nitro benzene ring substituents is 1. The molecule has 0 unspecified atom stereocenters. The topological polar surface area (TPSA) is 144 Å². The van der Waals surface area contributed by atoms with Gasteiger partial charge in [-0.15, -0.1) is 0 Å². The molecule has 3 aliphatic rings. The number of carbonyl (C=O) groups excluding carboxylic acids is 1. The van der Waals surface area contributed by atoms with Crippen LogP contribution < -0.4 is 0 Å². The standard InChI is InChI=1S/C28H42N2O10S/c1-20(31)40-25-16-22-14-21(17-38-18-36-2)15-27(39-19-37-3)28(22)11-7-13-29(12-6-8-23(25)28)41(34,35)26-10-5-4-9-24(26)30(32)33/h4-5,9-10,21-23,25,27H,6-8,11-19H2,1-3H3/t21-,22+,23-,25+,27-,28+/m1/s1. The highest BCUT2D eigenvalue weighted by Crippen LogP contribution is 2.62. The molecule has 230 valence electrons. The predicted octanol–water partition coefficient (Wildman–Crippen LogP) is 3.73.